The van der Waals surface area contributed by atoms with E-state index in [9.17, 15) is 0 Å². The van der Waals surface area contributed by atoms with E-state index >= 15 is 0 Å². The van der Waals surface area contributed by atoms with Gasteiger partial charge in [0.25, 0.3) is 6.48 Å². The molecule has 10 aliphatic heterocycles. The van der Waals surface area contributed by atoms with E-state index < -0.39 is 41.8 Å². The maximum Gasteiger partial charge on any atom is 0.271 e. The molecule has 2 aliphatic carbocycles. The molecule has 49 heavy (non-hydrogen) atoms. The molecule has 0 N–H and O–H groups in total. The molecule has 12 aliphatic rings. The van der Waals surface area contributed by atoms with E-state index in [1.54, 1.807) is 0 Å². The quantitative estimate of drug-likeness (QED) is 0.314. The van der Waals surface area contributed by atoms with Gasteiger partial charge in [-0.05, 0) is 101 Å². The first-order valence-corrected chi connectivity index (χ1v) is 19.8. The SMILES string of the molecule is C[C@H]1[C@@H](CC2COC3OCC(C[C@H]4O[C@@H]5OC6(C)CC[C@H]7[C@H](C)CC[C@@H]([C@H]4C)[C@@]57OO6)C2O3)O[C@@H]2OC3(C)CC[C@H]4[C@H](C)CC[C@@H]1[C@@]24OO3. The average Bonchev–Trinajstić information content (AvgIpc) is 3.46. The fraction of sp³-hybridized carbons (Fsp3) is 1.00. The number of hydrogen-bond donors (Lipinski definition) is 0. The molecule has 12 rings (SSSR count). The third-order valence-electron chi connectivity index (χ3n) is 15.8. The highest BCUT2D eigenvalue weighted by molar-refractivity contribution is 5.12. The Morgan fingerprint density at radius 2 is 1.00 bits per heavy atom. The van der Waals surface area contributed by atoms with Crippen LogP contribution in [-0.4, -0.2) is 73.4 Å². The predicted molar refractivity (Wildman–Crippen MR) is 170 cm³/mol. The molecule has 0 aromatic carbocycles. The van der Waals surface area contributed by atoms with E-state index in [1.807, 2.05) is 13.8 Å². The summed E-state index contributed by atoms with van der Waals surface area (Å²) in [4.78, 5) is 25.0. The monoisotopic (exact) mass is 690 g/mol. The van der Waals surface area contributed by atoms with Crippen molar-refractivity contribution >= 4 is 0 Å². The molecule has 10 heterocycles. The van der Waals surface area contributed by atoms with Crippen molar-refractivity contribution in [3.05, 3.63) is 0 Å². The van der Waals surface area contributed by atoms with Crippen molar-refractivity contribution in [1.82, 2.24) is 0 Å². The van der Waals surface area contributed by atoms with Crippen LogP contribution in [0.2, 0.25) is 0 Å². The fourth-order valence-electron chi connectivity index (χ4n) is 13.0. The number of fused-ring (bicyclic) bond motifs is 6. The normalized spacial score (nSPS) is 62.1. The summed E-state index contributed by atoms with van der Waals surface area (Å²) in [6.45, 7) is 14.0. The van der Waals surface area contributed by atoms with Crippen molar-refractivity contribution in [2.45, 2.75) is 166 Å². The van der Waals surface area contributed by atoms with Gasteiger partial charge in [0, 0.05) is 36.5 Å². The van der Waals surface area contributed by atoms with Gasteiger partial charge in [0.15, 0.2) is 23.8 Å². The number of hydrogen-bond acceptors (Lipinski definition) is 11. The van der Waals surface area contributed by atoms with E-state index in [0.29, 0.717) is 48.7 Å². The molecule has 2 spiro atoms. The van der Waals surface area contributed by atoms with Gasteiger partial charge in [-0.15, -0.1) is 0 Å². The molecule has 276 valence electrons. The van der Waals surface area contributed by atoms with Gasteiger partial charge in [-0.25, -0.2) is 19.6 Å². The average molecular weight is 691 g/mol. The molecule has 6 bridgehead atoms. The van der Waals surface area contributed by atoms with Crippen LogP contribution in [0.5, 0.6) is 0 Å². The van der Waals surface area contributed by atoms with Gasteiger partial charge in [0.2, 0.25) is 11.6 Å². The van der Waals surface area contributed by atoms with E-state index in [0.717, 1.165) is 51.4 Å². The lowest BCUT2D eigenvalue weighted by Gasteiger charge is -2.61. The summed E-state index contributed by atoms with van der Waals surface area (Å²) in [6.07, 6.45) is 9.05. The second kappa shape index (κ2) is 11.5. The highest BCUT2D eigenvalue weighted by Crippen LogP contribution is 2.63. The molecule has 2 saturated carbocycles. The van der Waals surface area contributed by atoms with Gasteiger partial charge in [0.05, 0.1) is 31.5 Å². The van der Waals surface area contributed by atoms with Gasteiger partial charge >= 0.3 is 0 Å². The highest BCUT2D eigenvalue weighted by atomic mass is 17.3. The molecule has 18 atom stereocenters. The topological polar surface area (TPSA) is 102 Å². The van der Waals surface area contributed by atoms with Crippen LogP contribution in [0.25, 0.3) is 0 Å². The molecular weight excluding hydrogens is 632 g/mol. The summed E-state index contributed by atoms with van der Waals surface area (Å²) < 4.78 is 46.2. The first-order chi connectivity index (χ1) is 23.5. The van der Waals surface area contributed by atoms with E-state index in [4.69, 9.17) is 52.7 Å². The van der Waals surface area contributed by atoms with Crippen LogP contribution in [0.4, 0.5) is 0 Å². The fourth-order valence-corrected chi connectivity index (χ4v) is 13.0. The minimum atomic E-state index is -0.778. The molecule has 12 fully saturated rings. The van der Waals surface area contributed by atoms with E-state index in [-0.39, 0.29) is 42.0 Å². The lowest BCUT2D eigenvalue weighted by atomic mass is 9.57. The van der Waals surface area contributed by atoms with Crippen molar-refractivity contribution in [3.8, 4) is 0 Å². The van der Waals surface area contributed by atoms with Crippen LogP contribution in [0, 0.1) is 59.2 Å². The molecule has 0 aromatic heterocycles. The first-order valence-electron chi connectivity index (χ1n) is 19.8. The van der Waals surface area contributed by atoms with Gasteiger partial charge in [-0.3, -0.25) is 0 Å². The summed E-state index contributed by atoms with van der Waals surface area (Å²) >= 11 is 0. The van der Waals surface area contributed by atoms with E-state index in [2.05, 4.69) is 27.7 Å². The molecule has 0 amide bonds. The Balaban J connectivity index is 0.887. The van der Waals surface area contributed by atoms with Crippen molar-refractivity contribution in [3.63, 3.8) is 0 Å². The van der Waals surface area contributed by atoms with Crippen LogP contribution in [0.15, 0.2) is 0 Å². The minimum Gasteiger partial charge on any atom is -0.346 e. The third-order valence-corrected chi connectivity index (χ3v) is 15.8. The van der Waals surface area contributed by atoms with Gasteiger partial charge < -0.3 is 33.2 Å². The highest BCUT2D eigenvalue weighted by Gasteiger charge is 2.71. The molecule has 4 unspecified atom stereocenters. The zero-order valence-electron chi connectivity index (χ0n) is 30.2. The summed E-state index contributed by atoms with van der Waals surface area (Å²) in [5, 5.41) is 0. The van der Waals surface area contributed by atoms with Crippen molar-refractivity contribution in [2.75, 3.05) is 13.2 Å². The smallest absolute Gasteiger partial charge is 0.271 e. The molecule has 0 aromatic rings. The second-order valence-corrected chi connectivity index (χ2v) is 18.4. The van der Waals surface area contributed by atoms with Crippen LogP contribution in [-0.2, 0) is 52.7 Å². The maximum atomic E-state index is 7.03. The zero-order valence-corrected chi connectivity index (χ0v) is 30.2. The number of ether oxygens (including phenoxy) is 7. The summed E-state index contributed by atoms with van der Waals surface area (Å²) in [6, 6.07) is 0. The van der Waals surface area contributed by atoms with Crippen LogP contribution in [0.1, 0.15) is 106 Å². The number of rotatable bonds is 4. The maximum absolute atomic E-state index is 7.03. The summed E-state index contributed by atoms with van der Waals surface area (Å²) in [7, 11) is 0. The predicted octanol–water partition coefficient (Wildman–Crippen LogP) is 6.23. The van der Waals surface area contributed by atoms with Crippen molar-refractivity contribution in [1.29, 1.82) is 0 Å². The van der Waals surface area contributed by atoms with Crippen molar-refractivity contribution in [2.24, 2.45) is 59.2 Å². The first kappa shape index (κ1) is 33.2. The standard InChI is InChI=1S/C38H58O11/c1-19-7-9-27-21(3)29(41-32-37(27)25(19)11-13-35(5,44-32)46-48-37)15-23-17-39-34-40-18-24(31(23)43-34)16-30-22(4)28-10-8-20(2)26-12-14-36(6)45-33(42-30)38(26,28)49-47-36/h19-34H,7-18H2,1-6H3/t19-,20-,21-,22-,23?,24?,25+,26+,27+,28+,29-,30-,31?,32-,33-,34?,35?,36?,37-,38-/m1/s1. The summed E-state index contributed by atoms with van der Waals surface area (Å²) in [5.74, 6) is 1.73. The second-order valence-electron chi connectivity index (χ2n) is 18.4. The Bertz CT molecular complexity index is 1190. The third kappa shape index (κ3) is 4.79. The van der Waals surface area contributed by atoms with Crippen molar-refractivity contribution < 1.29 is 52.7 Å². The van der Waals surface area contributed by atoms with Gasteiger partial charge in [-0.2, -0.15) is 0 Å². The molecule has 11 heteroatoms. The Morgan fingerprint density at radius 1 is 0.531 bits per heavy atom. The van der Waals surface area contributed by atoms with Crippen LogP contribution in [0.3, 0.4) is 0 Å². The largest absolute Gasteiger partial charge is 0.346 e. The van der Waals surface area contributed by atoms with Crippen LogP contribution < -0.4 is 0 Å². The minimum absolute atomic E-state index is 0.00261. The zero-order chi connectivity index (χ0) is 33.5. The lowest BCUT2D eigenvalue weighted by molar-refractivity contribution is -0.571. The summed E-state index contributed by atoms with van der Waals surface area (Å²) in [5.41, 5.74) is -1.11. The Morgan fingerprint density at radius 3 is 1.47 bits per heavy atom. The molecule has 0 radical (unpaired) electrons. The Kier molecular flexibility index (Phi) is 7.80. The lowest BCUT2D eigenvalue weighted by Crippen LogP contribution is -2.70. The van der Waals surface area contributed by atoms with Gasteiger partial charge in [-0.1, -0.05) is 27.7 Å². The Hall–Kier alpha value is -0.440. The Labute approximate surface area is 290 Å². The van der Waals surface area contributed by atoms with E-state index in [1.165, 1.54) is 12.8 Å². The van der Waals surface area contributed by atoms with Crippen LogP contribution >= 0.6 is 0 Å². The molecule has 10 saturated heterocycles. The molecular formula is C38H58O11. The van der Waals surface area contributed by atoms with Gasteiger partial charge in [0.1, 0.15) is 0 Å². The molecule has 11 nitrogen and oxygen atoms in total.